The van der Waals surface area contributed by atoms with Gasteiger partial charge in [-0.25, -0.2) is 8.78 Å². The first-order valence-corrected chi connectivity index (χ1v) is 7.39. The van der Waals surface area contributed by atoms with E-state index in [1.165, 1.54) is 18.2 Å². The zero-order chi connectivity index (χ0) is 14.8. The van der Waals surface area contributed by atoms with Gasteiger partial charge >= 0.3 is 0 Å². The van der Waals surface area contributed by atoms with E-state index >= 15 is 0 Å². The highest BCUT2D eigenvalue weighted by molar-refractivity contribution is 5.24. The Kier molecular flexibility index (Phi) is 4.02. The molecule has 0 bridgehead atoms. The van der Waals surface area contributed by atoms with Crippen molar-refractivity contribution in [3.63, 3.8) is 0 Å². The molecule has 2 aromatic carbocycles. The van der Waals surface area contributed by atoms with Gasteiger partial charge in [0, 0.05) is 12.1 Å². The van der Waals surface area contributed by atoms with Crippen molar-refractivity contribution >= 4 is 0 Å². The molecule has 1 nitrogen and oxygen atoms in total. The molecule has 1 atom stereocenters. The van der Waals surface area contributed by atoms with Crippen LogP contribution < -0.4 is 5.32 Å². The Bertz CT molecular complexity index is 603. The van der Waals surface area contributed by atoms with E-state index in [2.05, 4.69) is 12.2 Å². The van der Waals surface area contributed by atoms with Crippen LogP contribution in [0.25, 0.3) is 0 Å². The maximum Gasteiger partial charge on any atom is 0.123 e. The van der Waals surface area contributed by atoms with Crippen molar-refractivity contribution in [2.24, 2.45) is 0 Å². The van der Waals surface area contributed by atoms with Gasteiger partial charge in [-0.3, -0.25) is 0 Å². The topological polar surface area (TPSA) is 12.0 Å². The highest BCUT2D eigenvalue weighted by Crippen LogP contribution is 2.38. The molecule has 1 aliphatic rings. The summed E-state index contributed by atoms with van der Waals surface area (Å²) < 4.78 is 26.1. The molecule has 3 rings (SSSR count). The van der Waals surface area contributed by atoms with E-state index in [9.17, 15) is 8.78 Å². The molecule has 1 fully saturated rings. The van der Waals surface area contributed by atoms with Crippen LogP contribution in [0.15, 0.2) is 48.5 Å². The van der Waals surface area contributed by atoms with Crippen LogP contribution in [0, 0.1) is 11.6 Å². The van der Waals surface area contributed by atoms with Crippen LogP contribution in [0.3, 0.4) is 0 Å². The predicted molar refractivity (Wildman–Crippen MR) is 80.1 cm³/mol. The van der Waals surface area contributed by atoms with Gasteiger partial charge in [0.05, 0.1) is 0 Å². The van der Waals surface area contributed by atoms with Gasteiger partial charge in [0.1, 0.15) is 11.6 Å². The third-order valence-corrected chi connectivity index (χ3v) is 4.31. The van der Waals surface area contributed by atoms with Crippen molar-refractivity contribution in [2.75, 3.05) is 0 Å². The summed E-state index contributed by atoms with van der Waals surface area (Å²) in [6.07, 6.45) is 2.05. The molecule has 0 heterocycles. The van der Waals surface area contributed by atoms with Crippen molar-refractivity contribution in [2.45, 2.75) is 37.8 Å². The summed E-state index contributed by atoms with van der Waals surface area (Å²) in [5.74, 6) is 0.0722. The first-order chi connectivity index (χ1) is 10.1. The van der Waals surface area contributed by atoms with E-state index in [4.69, 9.17) is 0 Å². The molecular formula is C18H19F2N. The molecule has 21 heavy (non-hydrogen) atoms. The first-order valence-electron chi connectivity index (χ1n) is 7.39. The maximum atomic E-state index is 13.2. The number of hydrogen-bond donors (Lipinski definition) is 1. The fraction of sp³-hybridized carbons (Fsp3) is 0.333. The molecule has 2 aromatic rings. The number of nitrogens with one attached hydrogen (secondary N) is 1. The molecule has 0 unspecified atom stereocenters. The number of benzene rings is 2. The number of hydrogen-bond acceptors (Lipinski definition) is 1. The molecule has 3 heteroatoms. The van der Waals surface area contributed by atoms with Crippen LogP contribution in [0.4, 0.5) is 8.78 Å². The van der Waals surface area contributed by atoms with E-state index < -0.39 is 0 Å². The molecule has 110 valence electrons. The van der Waals surface area contributed by atoms with Gasteiger partial charge in [0.2, 0.25) is 0 Å². The summed E-state index contributed by atoms with van der Waals surface area (Å²) in [4.78, 5) is 0. The third-order valence-electron chi connectivity index (χ3n) is 4.31. The summed E-state index contributed by atoms with van der Waals surface area (Å²) in [6.45, 7) is 2.09. The Hall–Kier alpha value is -1.74. The second kappa shape index (κ2) is 5.94. The van der Waals surface area contributed by atoms with Gasteiger partial charge in [-0.1, -0.05) is 24.3 Å². The Labute approximate surface area is 124 Å². The van der Waals surface area contributed by atoms with Crippen molar-refractivity contribution in [3.05, 3.63) is 71.3 Å². The predicted octanol–water partition coefficient (Wildman–Crippen LogP) is 4.56. The smallest absolute Gasteiger partial charge is 0.123 e. The molecule has 1 saturated carbocycles. The summed E-state index contributed by atoms with van der Waals surface area (Å²) in [5, 5.41) is 3.55. The maximum absolute atomic E-state index is 13.2. The molecule has 0 aliphatic heterocycles. The second-order valence-corrected chi connectivity index (χ2v) is 5.86. The lowest BCUT2D eigenvalue weighted by atomic mass is 9.75. The molecule has 1 N–H and O–H groups in total. The van der Waals surface area contributed by atoms with Crippen LogP contribution >= 0.6 is 0 Å². The molecule has 0 radical (unpaired) electrons. The Balaban J connectivity index is 1.54. The van der Waals surface area contributed by atoms with Gasteiger partial charge in [0.25, 0.3) is 0 Å². The van der Waals surface area contributed by atoms with Crippen molar-refractivity contribution in [1.82, 2.24) is 5.32 Å². The summed E-state index contributed by atoms with van der Waals surface area (Å²) in [6, 6.07) is 14.1. The summed E-state index contributed by atoms with van der Waals surface area (Å²) >= 11 is 0. The largest absolute Gasteiger partial charge is 0.307 e. The lowest BCUT2D eigenvalue weighted by Crippen LogP contribution is -2.41. The van der Waals surface area contributed by atoms with Gasteiger partial charge < -0.3 is 5.32 Å². The number of halogens is 2. The minimum Gasteiger partial charge on any atom is -0.307 e. The SMILES string of the molecule is C[C@@H](NC1CC(c2cccc(F)c2)C1)c1ccc(F)cc1. The van der Waals surface area contributed by atoms with Crippen LogP contribution in [0.2, 0.25) is 0 Å². The first kappa shape index (κ1) is 14.2. The van der Waals surface area contributed by atoms with Crippen molar-refractivity contribution in [3.8, 4) is 0 Å². The minimum absolute atomic E-state index is 0.163. The fourth-order valence-electron chi connectivity index (χ4n) is 2.99. The standard InChI is InChI=1S/C18H19F2N/c1-12(13-5-7-16(19)8-6-13)21-18-10-15(11-18)14-3-2-4-17(20)9-14/h2-9,12,15,18,21H,10-11H2,1H3/t12-,15?,18?/m1/s1. The average Bonchev–Trinajstić information content (AvgIpc) is 2.43. The summed E-state index contributed by atoms with van der Waals surface area (Å²) in [7, 11) is 0. The van der Waals surface area contributed by atoms with Crippen LogP contribution in [-0.4, -0.2) is 6.04 Å². The summed E-state index contributed by atoms with van der Waals surface area (Å²) in [5.41, 5.74) is 2.17. The van der Waals surface area contributed by atoms with Crippen LogP contribution in [0.1, 0.15) is 42.9 Å². The lowest BCUT2D eigenvalue weighted by molar-refractivity contribution is 0.270. The van der Waals surface area contributed by atoms with E-state index in [0.717, 1.165) is 24.0 Å². The molecule has 0 saturated heterocycles. The zero-order valence-electron chi connectivity index (χ0n) is 12.0. The fourth-order valence-corrected chi connectivity index (χ4v) is 2.99. The second-order valence-electron chi connectivity index (χ2n) is 5.86. The van der Waals surface area contributed by atoms with Gasteiger partial charge in [-0.15, -0.1) is 0 Å². The molecule has 0 amide bonds. The van der Waals surface area contributed by atoms with Crippen LogP contribution in [0.5, 0.6) is 0 Å². The van der Waals surface area contributed by atoms with E-state index in [1.807, 2.05) is 18.2 Å². The molecule has 0 spiro atoms. The highest BCUT2D eigenvalue weighted by atomic mass is 19.1. The minimum atomic E-state index is -0.208. The Morgan fingerprint density at radius 3 is 2.38 bits per heavy atom. The molecular weight excluding hydrogens is 268 g/mol. The zero-order valence-corrected chi connectivity index (χ0v) is 12.0. The van der Waals surface area contributed by atoms with E-state index in [0.29, 0.717) is 12.0 Å². The lowest BCUT2D eigenvalue weighted by Gasteiger charge is -2.38. The molecule has 0 aromatic heterocycles. The van der Waals surface area contributed by atoms with E-state index in [1.54, 1.807) is 12.1 Å². The van der Waals surface area contributed by atoms with E-state index in [-0.39, 0.29) is 17.7 Å². The van der Waals surface area contributed by atoms with Gasteiger partial charge in [-0.05, 0) is 61.1 Å². The van der Waals surface area contributed by atoms with Crippen LogP contribution in [-0.2, 0) is 0 Å². The average molecular weight is 287 g/mol. The Morgan fingerprint density at radius 2 is 1.71 bits per heavy atom. The van der Waals surface area contributed by atoms with Crippen molar-refractivity contribution < 1.29 is 8.78 Å². The van der Waals surface area contributed by atoms with Gasteiger partial charge in [0.15, 0.2) is 0 Å². The molecule has 1 aliphatic carbocycles. The monoisotopic (exact) mass is 287 g/mol. The van der Waals surface area contributed by atoms with Crippen molar-refractivity contribution in [1.29, 1.82) is 0 Å². The van der Waals surface area contributed by atoms with Gasteiger partial charge in [-0.2, -0.15) is 0 Å². The normalized spacial score (nSPS) is 22.6. The highest BCUT2D eigenvalue weighted by Gasteiger charge is 2.31. The number of rotatable bonds is 4. The quantitative estimate of drug-likeness (QED) is 0.869. The Morgan fingerprint density at radius 1 is 1.00 bits per heavy atom. The third kappa shape index (κ3) is 3.30.